The third kappa shape index (κ3) is 3.24. The van der Waals surface area contributed by atoms with Crippen molar-refractivity contribution in [3.8, 4) is 5.95 Å². The first-order valence-electron chi connectivity index (χ1n) is 7.37. The van der Waals surface area contributed by atoms with Crippen molar-refractivity contribution in [1.82, 2.24) is 30.2 Å². The third-order valence-corrected chi connectivity index (χ3v) is 3.47. The fourth-order valence-corrected chi connectivity index (χ4v) is 2.45. The van der Waals surface area contributed by atoms with Gasteiger partial charge in [0, 0.05) is 18.0 Å². The Morgan fingerprint density at radius 1 is 1.29 bits per heavy atom. The van der Waals surface area contributed by atoms with Crippen LogP contribution in [0.15, 0.2) is 35.4 Å². The van der Waals surface area contributed by atoms with Crippen LogP contribution >= 0.6 is 0 Å². The summed E-state index contributed by atoms with van der Waals surface area (Å²) in [6, 6.07) is 1.13. The van der Waals surface area contributed by atoms with E-state index in [1.807, 2.05) is 20.8 Å². The highest BCUT2D eigenvalue weighted by atomic mass is 16.5. The van der Waals surface area contributed by atoms with Gasteiger partial charge in [-0.2, -0.15) is 5.10 Å². The number of hydrogen-bond donors (Lipinski definition) is 2. The SMILES string of the molecule is Cc1noc(C)c1[C@H](C)NC(=O)Nc1cnn(-c2ncccn2)c1. The molecule has 2 N–H and O–H groups in total. The lowest BCUT2D eigenvalue weighted by Gasteiger charge is -2.13. The molecular weight excluding hydrogens is 310 g/mol. The summed E-state index contributed by atoms with van der Waals surface area (Å²) in [5.74, 6) is 1.12. The highest BCUT2D eigenvalue weighted by molar-refractivity contribution is 5.89. The standard InChI is InChI=1S/C15H17N7O2/c1-9(13-10(2)21-24-11(13)3)19-15(23)20-12-7-18-22(8-12)14-16-5-4-6-17-14/h4-9H,1-3H3,(H2,19,20,23)/t9-/m0/s1. The quantitative estimate of drug-likeness (QED) is 0.759. The van der Waals surface area contributed by atoms with Gasteiger partial charge in [0.15, 0.2) is 0 Å². The molecule has 1 atom stereocenters. The number of carbonyl (C=O) groups excluding carboxylic acids is 1. The molecule has 0 saturated heterocycles. The van der Waals surface area contributed by atoms with Crippen LogP contribution in [0.3, 0.4) is 0 Å². The van der Waals surface area contributed by atoms with E-state index in [0.29, 0.717) is 17.4 Å². The fraction of sp³-hybridized carbons (Fsp3) is 0.267. The van der Waals surface area contributed by atoms with E-state index in [0.717, 1.165) is 11.3 Å². The maximum absolute atomic E-state index is 12.1. The minimum atomic E-state index is -0.351. The van der Waals surface area contributed by atoms with Gasteiger partial charge in [0.2, 0.25) is 5.95 Å². The first-order chi connectivity index (χ1) is 11.5. The Hall–Kier alpha value is -3.23. The van der Waals surface area contributed by atoms with Crippen LogP contribution in [0, 0.1) is 13.8 Å². The summed E-state index contributed by atoms with van der Waals surface area (Å²) in [5, 5.41) is 13.6. The van der Waals surface area contributed by atoms with Crippen molar-refractivity contribution in [2.75, 3.05) is 5.32 Å². The van der Waals surface area contributed by atoms with Gasteiger partial charge in [0.1, 0.15) is 5.76 Å². The Labute approximate surface area is 138 Å². The summed E-state index contributed by atoms with van der Waals surface area (Å²) in [6.45, 7) is 5.52. The lowest BCUT2D eigenvalue weighted by Crippen LogP contribution is -2.31. The van der Waals surface area contributed by atoms with E-state index in [2.05, 4.69) is 30.9 Å². The number of aryl methyl sites for hydroxylation is 2. The molecule has 0 spiro atoms. The molecule has 0 aliphatic carbocycles. The molecule has 3 aromatic heterocycles. The van der Waals surface area contributed by atoms with Crippen molar-refractivity contribution >= 4 is 11.7 Å². The molecule has 24 heavy (non-hydrogen) atoms. The summed E-state index contributed by atoms with van der Waals surface area (Å²) in [6.07, 6.45) is 6.40. The van der Waals surface area contributed by atoms with E-state index < -0.39 is 0 Å². The molecule has 0 radical (unpaired) electrons. The summed E-state index contributed by atoms with van der Waals surface area (Å²) in [7, 11) is 0. The number of aromatic nitrogens is 5. The van der Waals surface area contributed by atoms with E-state index in [4.69, 9.17) is 4.52 Å². The summed E-state index contributed by atoms with van der Waals surface area (Å²) >= 11 is 0. The molecule has 9 nitrogen and oxygen atoms in total. The number of hydrogen-bond acceptors (Lipinski definition) is 6. The van der Waals surface area contributed by atoms with Gasteiger partial charge >= 0.3 is 6.03 Å². The first-order valence-corrected chi connectivity index (χ1v) is 7.37. The van der Waals surface area contributed by atoms with Gasteiger partial charge in [0.05, 0.1) is 29.8 Å². The van der Waals surface area contributed by atoms with Crippen molar-refractivity contribution in [2.45, 2.75) is 26.8 Å². The molecule has 2 amide bonds. The minimum Gasteiger partial charge on any atom is -0.361 e. The fourth-order valence-electron chi connectivity index (χ4n) is 2.45. The molecule has 0 bridgehead atoms. The first kappa shape index (κ1) is 15.7. The van der Waals surface area contributed by atoms with Crippen LogP contribution < -0.4 is 10.6 Å². The van der Waals surface area contributed by atoms with Crippen LogP contribution in [0.1, 0.15) is 30.0 Å². The van der Waals surface area contributed by atoms with Crippen LogP contribution in [0.2, 0.25) is 0 Å². The van der Waals surface area contributed by atoms with Crippen molar-refractivity contribution in [2.24, 2.45) is 0 Å². The Balaban J connectivity index is 1.64. The average Bonchev–Trinajstić information content (AvgIpc) is 3.15. The largest absolute Gasteiger partial charge is 0.361 e. The minimum absolute atomic E-state index is 0.233. The maximum atomic E-state index is 12.1. The zero-order chi connectivity index (χ0) is 17.1. The van der Waals surface area contributed by atoms with Crippen molar-refractivity contribution < 1.29 is 9.32 Å². The molecule has 0 aromatic carbocycles. The summed E-state index contributed by atoms with van der Waals surface area (Å²) < 4.78 is 6.60. The molecule has 3 heterocycles. The number of rotatable bonds is 4. The number of anilines is 1. The molecule has 3 rings (SSSR count). The maximum Gasteiger partial charge on any atom is 0.319 e. The monoisotopic (exact) mass is 327 g/mol. The van der Waals surface area contributed by atoms with Gasteiger partial charge < -0.3 is 15.2 Å². The smallest absolute Gasteiger partial charge is 0.319 e. The molecule has 3 aromatic rings. The van der Waals surface area contributed by atoms with Crippen molar-refractivity contribution in [3.05, 3.63) is 47.9 Å². The second-order valence-corrected chi connectivity index (χ2v) is 5.28. The molecule has 0 aliphatic heterocycles. The number of carbonyl (C=O) groups is 1. The molecule has 9 heteroatoms. The molecule has 0 unspecified atom stereocenters. The van der Waals surface area contributed by atoms with Gasteiger partial charge in [0.25, 0.3) is 0 Å². The highest BCUT2D eigenvalue weighted by Crippen LogP contribution is 2.21. The molecule has 124 valence electrons. The van der Waals surface area contributed by atoms with Gasteiger partial charge in [-0.1, -0.05) is 5.16 Å². The van der Waals surface area contributed by atoms with Gasteiger partial charge in [-0.25, -0.2) is 19.4 Å². The summed E-state index contributed by atoms with van der Waals surface area (Å²) in [5.41, 5.74) is 2.17. The lowest BCUT2D eigenvalue weighted by atomic mass is 10.1. The summed E-state index contributed by atoms with van der Waals surface area (Å²) in [4.78, 5) is 20.3. The number of urea groups is 1. The number of nitrogens with zero attached hydrogens (tertiary/aromatic N) is 5. The van der Waals surface area contributed by atoms with E-state index >= 15 is 0 Å². The van der Waals surface area contributed by atoms with Crippen LogP contribution in [-0.2, 0) is 0 Å². The van der Waals surface area contributed by atoms with Gasteiger partial charge in [-0.05, 0) is 26.8 Å². The van der Waals surface area contributed by atoms with Gasteiger partial charge in [-0.15, -0.1) is 0 Å². The zero-order valence-electron chi connectivity index (χ0n) is 13.5. The zero-order valence-corrected chi connectivity index (χ0v) is 13.5. The lowest BCUT2D eigenvalue weighted by molar-refractivity contribution is 0.249. The average molecular weight is 327 g/mol. The normalized spacial score (nSPS) is 12.0. The molecule has 0 aliphatic rings. The Kier molecular flexibility index (Phi) is 4.23. The third-order valence-electron chi connectivity index (χ3n) is 3.47. The molecular formula is C15H17N7O2. The second-order valence-electron chi connectivity index (χ2n) is 5.28. The van der Waals surface area contributed by atoms with Crippen LogP contribution in [0.4, 0.5) is 10.5 Å². The van der Waals surface area contributed by atoms with Crippen LogP contribution in [-0.4, -0.2) is 30.9 Å². The number of nitrogens with one attached hydrogen (secondary N) is 2. The van der Waals surface area contributed by atoms with Crippen molar-refractivity contribution in [1.29, 1.82) is 0 Å². The highest BCUT2D eigenvalue weighted by Gasteiger charge is 2.18. The molecule has 0 fully saturated rings. The Morgan fingerprint density at radius 2 is 2.04 bits per heavy atom. The predicted octanol–water partition coefficient (Wildman–Crippen LogP) is 2.15. The Bertz CT molecular complexity index is 821. The van der Waals surface area contributed by atoms with Crippen LogP contribution in [0.5, 0.6) is 0 Å². The van der Waals surface area contributed by atoms with E-state index in [-0.39, 0.29) is 12.1 Å². The Morgan fingerprint density at radius 3 is 2.71 bits per heavy atom. The van der Waals surface area contributed by atoms with E-state index in [1.165, 1.54) is 10.9 Å². The second kappa shape index (κ2) is 6.49. The predicted molar refractivity (Wildman–Crippen MR) is 85.7 cm³/mol. The van der Waals surface area contributed by atoms with E-state index in [9.17, 15) is 4.79 Å². The topological polar surface area (TPSA) is 111 Å². The van der Waals surface area contributed by atoms with Crippen LogP contribution in [0.25, 0.3) is 5.95 Å². The van der Waals surface area contributed by atoms with Gasteiger partial charge in [-0.3, -0.25) is 0 Å². The number of amides is 2. The molecule has 0 saturated carbocycles. The van der Waals surface area contributed by atoms with E-state index in [1.54, 1.807) is 24.7 Å². The van der Waals surface area contributed by atoms with Crippen molar-refractivity contribution in [3.63, 3.8) is 0 Å².